The van der Waals surface area contributed by atoms with Crippen LogP contribution in [0.15, 0.2) is 65.7 Å². The molecule has 2 fully saturated rings. The van der Waals surface area contributed by atoms with Crippen LogP contribution >= 0.6 is 11.6 Å². The summed E-state index contributed by atoms with van der Waals surface area (Å²) >= 11 is 6.25. The van der Waals surface area contributed by atoms with Gasteiger partial charge < -0.3 is 15.0 Å². The highest BCUT2D eigenvalue weighted by Crippen LogP contribution is 2.34. The predicted octanol–water partition coefficient (Wildman–Crippen LogP) is 4.15. The molecule has 3 heterocycles. The van der Waals surface area contributed by atoms with Crippen molar-refractivity contribution in [2.45, 2.75) is 38.1 Å². The van der Waals surface area contributed by atoms with E-state index in [4.69, 9.17) is 11.6 Å². The van der Waals surface area contributed by atoms with Crippen molar-refractivity contribution in [2.24, 2.45) is 11.8 Å². The van der Waals surface area contributed by atoms with Crippen LogP contribution in [-0.2, 0) is 14.3 Å². The molecule has 3 N–H and O–H groups in total. The minimum Gasteiger partial charge on any atom is -0.453 e. The van der Waals surface area contributed by atoms with Crippen molar-refractivity contribution in [3.05, 3.63) is 87.6 Å². The number of rotatable bonds is 10. The first-order chi connectivity index (χ1) is 23.3. The molecule has 248 valence electrons. The Bertz CT molecular complexity index is 1870. The molecule has 2 aliphatic rings. The van der Waals surface area contributed by atoms with Crippen molar-refractivity contribution in [3.8, 4) is 16.8 Å². The number of aromatic nitrogens is 6. The lowest BCUT2D eigenvalue weighted by Gasteiger charge is -2.34. The quantitative estimate of drug-likeness (QED) is 0.209. The molecule has 2 aromatic carbocycles. The highest BCUT2D eigenvalue weighted by atomic mass is 35.5. The Morgan fingerprint density at radius 3 is 2.67 bits per heavy atom. The van der Waals surface area contributed by atoms with Crippen LogP contribution in [0.1, 0.15) is 49.4 Å². The normalized spacial score (nSPS) is 16.8. The van der Waals surface area contributed by atoms with Crippen LogP contribution in [0, 0.1) is 11.8 Å². The van der Waals surface area contributed by atoms with Gasteiger partial charge in [-0.2, -0.15) is 9.78 Å². The molecule has 1 saturated carbocycles. The summed E-state index contributed by atoms with van der Waals surface area (Å²) in [5, 5.41) is 24.4. The number of ether oxygens (including phenoxy) is 1. The molecule has 4 aromatic rings. The SMILES string of the molecule is COC(=O)Nc1ccc(-c2cc(C(CC3CCCN(C(=O)C4CC4)C3)NC(=O)C=Cc3cc(Cl)ccc3-n3cnnn3)n[nH]c2=O)cc1. The fourth-order valence-electron chi connectivity index (χ4n) is 5.87. The summed E-state index contributed by atoms with van der Waals surface area (Å²) < 4.78 is 6.11. The maximum atomic E-state index is 13.5. The van der Waals surface area contributed by atoms with E-state index in [1.54, 1.807) is 54.6 Å². The molecule has 6 rings (SSSR count). The minimum absolute atomic E-state index is 0.107. The number of carbonyl (C=O) groups excluding carboxylic acids is 3. The van der Waals surface area contributed by atoms with Crippen LogP contribution in [0.4, 0.5) is 10.5 Å². The molecule has 3 amide bonds. The zero-order valence-corrected chi connectivity index (χ0v) is 26.9. The number of benzene rings is 2. The van der Waals surface area contributed by atoms with Crippen molar-refractivity contribution in [1.82, 2.24) is 40.6 Å². The van der Waals surface area contributed by atoms with Gasteiger partial charge >= 0.3 is 6.09 Å². The van der Waals surface area contributed by atoms with Gasteiger partial charge in [0.2, 0.25) is 11.8 Å². The Hall–Kier alpha value is -5.37. The van der Waals surface area contributed by atoms with Crippen LogP contribution in [-0.4, -0.2) is 73.4 Å². The van der Waals surface area contributed by atoms with Gasteiger partial charge in [0.05, 0.1) is 30.1 Å². The zero-order valence-electron chi connectivity index (χ0n) is 26.1. The summed E-state index contributed by atoms with van der Waals surface area (Å²) in [5.74, 6) is 0.0532. The minimum atomic E-state index is -0.610. The fourth-order valence-corrected chi connectivity index (χ4v) is 6.05. The average molecular weight is 672 g/mol. The Morgan fingerprint density at radius 2 is 1.94 bits per heavy atom. The zero-order chi connectivity index (χ0) is 33.6. The number of nitrogens with one attached hydrogen (secondary N) is 3. The predicted molar refractivity (Wildman–Crippen MR) is 177 cm³/mol. The lowest BCUT2D eigenvalue weighted by atomic mass is 9.89. The third-order valence-electron chi connectivity index (χ3n) is 8.45. The second kappa shape index (κ2) is 14.6. The number of amides is 3. The van der Waals surface area contributed by atoms with Gasteiger partial charge in [-0.05, 0) is 96.5 Å². The van der Waals surface area contributed by atoms with Gasteiger partial charge in [0, 0.05) is 41.4 Å². The first kappa shape index (κ1) is 32.6. The summed E-state index contributed by atoms with van der Waals surface area (Å²) in [6.45, 7) is 1.33. The molecule has 1 saturated heterocycles. The van der Waals surface area contributed by atoms with Crippen LogP contribution in [0.5, 0.6) is 0 Å². The molecular weight excluding hydrogens is 638 g/mol. The second-order valence-electron chi connectivity index (χ2n) is 11.9. The summed E-state index contributed by atoms with van der Waals surface area (Å²) in [6.07, 6.45) is 8.00. The van der Waals surface area contributed by atoms with Gasteiger partial charge in [-0.25, -0.2) is 9.89 Å². The number of tetrazole rings is 1. The van der Waals surface area contributed by atoms with E-state index >= 15 is 0 Å². The largest absolute Gasteiger partial charge is 0.453 e. The topological polar surface area (TPSA) is 177 Å². The number of halogens is 1. The number of H-pyrrole nitrogens is 1. The number of nitrogens with zero attached hydrogens (tertiary/aromatic N) is 6. The molecule has 48 heavy (non-hydrogen) atoms. The molecule has 15 heteroatoms. The highest BCUT2D eigenvalue weighted by Gasteiger charge is 2.36. The van der Waals surface area contributed by atoms with Crippen LogP contribution in [0.3, 0.4) is 0 Å². The fraction of sp³-hybridized carbons (Fsp3) is 0.333. The Labute approximate surface area is 280 Å². The van der Waals surface area contributed by atoms with Gasteiger partial charge in [0.15, 0.2) is 0 Å². The Kier molecular flexibility index (Phi) is 9.90. The van der Waals surface area contributed by atoms with Gasteiger partial charge in [-0.3, -0.25) is 19.7 Å². The van der Waals surface area contributed by atoms with Crippen molar-refractivity contribution in [1.29, 1.82) is 0 Å². The van der Waals surface area contributed by atoms with E-state index in [0.29, 0.717) is 51.7 Å². The van der Waals surface area contributed by atoms with Crippen molar-refractivity contribution in [2.75, 3.05) is 25.5 Å². The molecule has 0 bridgehead atoms. The van der Waals surface area contributed by atoms with Crippen LogP contribution in [0.25, 0.3) is 22.9 Å². The van der Waals surface area contributed by atoms with Crippen molar-refractivity contribution < 1.29 is 19.1 Å². The molecule has 2 atom stereocenters. The van der Waals surface area contributed by atoms with E-state index in [2.05, 4.69) is 41.1 Å². The number of piperidine rings is 1. The number of methoxy groups -OCH3 is 1. The van der Waals surface area contributed by atoms with Crippen molar-refractivity contribution in [3.63, 3.8) is 0 Å². The molecule has 2 unspecified atom stereocenters. The maximum absolute atomic E-state index is 13.5. The summed E-state index contributed by atoms with van der Waals surface area (Å²) in [5.41, 5.74) is 2.75. The standard InChI is InChI=1S/C33H34ClN9O5/c1-48-33(47)36-25-10-6-21(7-11-25)26-17-28(38-39-31(26)45)27(15-20-3-2-14-42(18-20)32(46)22-4-5-22)37-30(44)13-8-23-16-24(34)9-12-29(23)43-19-35-40-41-43/h6-13,16-17,19-20,22,27H,2-5,14-15,18H2,1H3,(H,36,47)(H,37,44)(H,39,45). The molecule has 1 aliphatic heterocycles. The highest BCUT2D eigenvalue weighted by molar-refractivity contribution is 6.30. The van der Waals surface area contributed by atoms with Crippen LogP contribution in [0.2, 0.25) is 5.02 Å². The molecule has 0 radical (unpaired) electrons. The molecular formula is C33H34ClN9O5. The number of hydrogen-bond acceptors (Lipinski definition) is 9. The lowest BCUT2D eigenvalue weighted by molar-refractivity contribution is -0.134. The van der Waals surface area contributed by atoms with E-state index in [1.807, 2.05) is 4.90 Å². The van der Waals surface area contributed by atoms with Crippen LogP contribution < -0.4 is 16.2 Å². The summed E-state index contributed by atoms with van der Waals surface area (Å²) in [6, 6.07) is 12.9. The number of hydrogen-bond donors (Lipinski definition) is 3. The van der Waals surface area contributed by atoms with Gasteiger partial charge in [0.1, 0.15) is 6.33 Å². The number of anilines is 1. The first-order valence-corrected chi connectivity index (χ1v) is 16.0. The number of likely N-dealkylation sites (tertiary alicyclic amines) is 1. The molecule has 0 spiro atoms. The maximum Gasteiger partial charge on any atom is 0.411 e. The van der Waals surface area contributed by atoms with E-state index in [9.17, 15) is 19.2 Å². The summed E-state index contributed by atoms with van der Waals surface area (Å²) in [7, 11) is 1.27. The third-order valence-corrected chi connectivity index (χ3v) is 8.69. The molecule has 2 aromatic heterocycles. The van der Waals surface area contributed by atoms with Crippen molar-refractivity contribution >= 4 is 41.3 Å². The Morgan fingerprint density at radius 1 is 1.12 bits per heavy atom. The molecule has 14 nitrogen and oxygen atoms in total. The smallest absolute Gasteiger partial charge is 0.411 e. The average Bonchev–Trinajstić information content (AvgIpc) is 3.81. The van der Waals surface area contributed by atoms with Gasteiger partial charge in [0.25, 0.3) is 5.56 Å². The Balaban J connectivity index is 1.26. The van der Waals surface area contributed by atoms with E-state index in [-0.39, 0.29) is 17.7 Å². The monoisotopic (exact) mass is 671 g/mol. The summed E-state index contributed by atoms with van der Waals surface area (Å²) in [4.78, 5) is 52.8. The van der Waals surface area contributed by atoms with Gasteiger partial charge in [-0.1, -0.05) is 23.7 Å². The second-order valence-corrected chi connectivity index (χ2v) is 12.3. The molecule has 1 aliphatic carbocycles. The van der Waals surface area contributed by atoms with E-state index < -0.39 is 23.6 Å². The first-order valence-electron chi connectivity index (χ1n) is 15.6. The van der Waals surface area contributed by atoms with E-state index in [0.717, 1.165) is 32.2 Å². The number of carbonyl (C=O) groups is 3. The number of aromatic amines is 1. The van der Waals surface area contributed by atoms with E-state index in [1.165, 1.54) is 24.2 Å². The third kappa shape index (κ3) is 7.94. The lowest BCUT2D eigenvalue weighted by Crippen LogP contribution is -2.42. The van der Waals surface area contributed by atoms with Gasteiger partial charge in [-0.15, -0.1) is 5.10 Å².